The zero-order chi connectivity index (χ0) is 15.2. The molecule has 0 spiro atoms. The number of nitrogens with one attached hydrogen (secondary N) is 2. The minimum Gasteiger partial charge on any atom is -0.360 e. The van der Waals surface area contributed by atoms with Crippen LogP contribution in [0.4, 0.5) is 5.69 Å². The van der Waals surface area contributed by atoms with Crippen LogP contribution in [0.5, 0.6) is 0 Å². The van der Waals surface area contributed by atoms with Gasteiger partial charge in [-0.25, -0.2) is 0 Å². The van der Waals surface area contributed by atoms with Crippen molar-refractivity contribution in [3.05, 3.63) is 29.8 Å². The van der Waals surface area contributed by atoms with Crippen LogP contribution in [0.2, 0.25) is 0 Å². The minimum atomic E-state index is 0.00413. The summed E-state index contributed by atoms with van der Waals surface area (Å²) in [6, 6.07) is 7.88. The maximum Gasteiger partial charge on any atom is 0.253 e. The number of hydrogen-bond acceptors (Lipinski definition) is 2. The van der Waals surface area contributed by atoms with Crippen LogP contribution in [-0.2, 0) is 0 Å². The number of benzene rings is 1. The van der Waals surface area contributed by atoms with Crippen LogP contribution < -0.4 is 10.6 Å². The molecule has 0 bridgehead atoms. The molecule has 4 nitrogen and oxygen atoms in total. The number of amides is 1. The molecule has 114 valence electrons. The molecule has 21 heavy (non-hydrogen) atoms. The number of carbonyl (C=O) groups is 1. The van der Waals surface area contributed by atoms with Crippen molar-refractivity contribution in [1.29, 1.82) is 0 Å². The van der Waals surface area contributed by atoms with Gasteiger partial charge >= 0.3 is 0 Å². The van der Waals surface area contributed by atoms with E-state index in [4.69, 9.17) is 12.2 Å². The highest BCUT2D eigenvalue weighted by atomic mass is 32.1. The van der Waals surface area contributed by atoms with E-state index in [1.165, 1.54) is 32.1 Å². The maximum absolute atomic E-state index is 11.8. The van der Waals surface area contributed by atoms with Gasteiger partial charge in [-0.05, 0) is 49.3 Å². The monoisotopic (exact) mass is 305 g/mol. The van der Waals surface area contributed by atoms with Crippen LogP contribution in [0.1, 0.15) is 42.5 Å². The number of anilines is 1. The highest BCUT2D eigenvalue weighted by Crippen LogP contribution is 2.17. The van der Waals surface area contributed by atoms with Crippen molar-refractivity contribution in [2.24, 2.45) is 0 Å². The lowest BCUT2D eigenvalue weighted by atomic mass is 9.96. The second-order valence-electron chi connectivity index (χ2n) is 5.71. The van der Waals surface area contributed by atoms with Gasteiger partial charge in [-0.15, -0.1) is 0 Å². The Hall–Kier alpha value is -1.62. The van der Waals surface area contributed by atoms with Gasteiger partial charge in [-0.2, -0.15) is 0 Å². The molecule has 0 aliphatic heterocycles. The molecule has 1 aliphatic rings. The summed E-state index contributed by atoms with van der Waals surface area (Å²) in [6.07, 6.45) is 6.28. The molecule has 0 saturated heterocycles. The van der Waals surface area contributed by atoms with Gasteiger partial charge in [-0.3, -0.25) is 4.79 Å². The van der Waals surface area contributed by atoms with E-state index in [0.717, 1.165) is 5.69 Å². The average Bonchev–Trinajstić information content (AvgIpc) is 2.48. The molecular formula is C16H23N3OS. The SMILES string of the molecule is CN(C)C(=O)c1ccc(NC(=S)NC2CCCCC2)cc1. The number of hydrogen-bond donors (Lipinski definition) is 2. The number of carbonyl (C=O) groups excluding carboxylic acids is 1. The van der Waals surface area contributed by atoms with Gasteiger partial charge in [0, 0.05) is 31.4 Å². The van der Waals surface area contributed by atoms with E-state index in [1.54, 1.807) is 19.0 Å². The lowest BCUT2D eigenvalue weighted by Crippen LogP contribution is -2.38. The molecule has 0 aromatic heterocycles. The lowest BCUT2D eigenvalue weighted by Gasteiger charge is -2.24. The third-order valence-corrected chi connectivity index (χ3v) is 3.96. The predicted octanol–water partition coefficient (Wildman–Crippen LogP) is 3.01. The summed E-state index contributed by atoms with van der Waals surface area (Å²) in [7, 11) is 3.50. The molecule has 1 saturated carbocycles. The molecule has 1 fully saturated rings. The third kappa shape index (κ3) is 4.70. The van der Waals surface area contributed by atoms with Crippen molar-refractivity contribution in [3.63, 3.8) is 0 Å². The van der Waals surface area contributed by atoms with Crippen LogP contribution in [0.25, 0.3) is 0 Å². The van der Waals surface area contributed by atoms with Gasteiger partial charge < -0.3 is 15.5 Å². The quantitative estimate of drug-likeness (QED) is 0.843. The summed E-state index contributed by atoms with van der Waals surface area (Å²) < 4.78 is 0. The Morgan fingerprint density at radius 2 is 1.76 bits per heavy atom. The van der Waals surface area contributed by atoms with E-state index in [2.05, 4.69) is 10.6 Å². The van der Waals surface area contributed by atoms with E-state index in [0.29, 0.717) is 16.7 Å². The normalized spacial score (nSPS) is 15.3. The van der Waals surface area contributed by atoms with Gasteiger partial charge in [-0.1, -0.05) is 19.3 Å². The van der Waals surface area contributed by atoms with Gasteiger partial charge in [0.05, 0.1) is 0 Å². The van der Waals surface area contributed by atoms with Crippen molar-refractivity contribution in [2.75, 3.05) is 19.4 Å². The van der Waals surface area contributed by atoms with Crippen LogP contribution in [0.3, 0.4) is 0 Å². The molecule has 2 N–H and O–H groups in total. The highest BCUT2D eigenvalue weighted by Gasteiger charge is 2.14. The third-order valence-electron chi connectivity index (χ3n) is 3.74. The Balaban J connectivity index is 1.87. The van der Waals surface area contributed by atoms with E-state index in [1.807, 2.05) is 24.3 Å². The Labute approximate surface area is 131 Å². The van der Waals surface area contributed by atoms with E-state index >= 15 is 0 Å². The Kier molecular flexibility index (Phi) is 5.56. The van der Waals surface area contributed by atoms with Gasteiger partial charge in [0.25, 0.3) is 5.91 Å². The van der Waals surface area contributed by atoms with Gasteiger partial charge in [0.2, 0.25) is 0 Å². The Morgan fingerprint density at radius 3 is 2.33 bits per heavy atom. The zero-order valence-electron chi connectivity index (χ0n) is 12.7. The highest BCUT2D eigenvalue weighted by molar-refractivity contribution is 7.80. The first-order chi connectivity index (χ1) is 10.1. The molecule has 1 aliphatic carbocycles. The summed E-state index contributed by atoms with van der Waals surface area (Å²) >= 11 is 5.35. The molecule has 0 unspecified atom stereocenters. The first-order valence-corrected chi connectivity index (χ1v) is 7.86. The molecule has 1 aromatic rings. The smallest absolute Gasteiger partial charge is 0.253 e. The molecule has 1 amide bonds. The number of thiocarbonyl (C=S) groups is 1. The van der Waals surface area contributed by atoms with E-state index in [9.17, 15) is 4.79 Å². The fourth-order valence-corrected chi connectivity index (χ4v) is 2.84. The lowest BCUT2D eigenvalue weighted by molar-refractivity contribution is 0.0827. The van der Waals surface area contributed by atoms with E-state index < -0.39 is 0 Å². The second kappa shape index (κ2) is 7.41. The number of nitrogens with zero attached hydrogens (tertiary/aromatic N) is 1. The largest absolute Gasteiger partial charge is 0.360 e. The zero-order valence-corrected chi connectivity index (χ0v) is 13.5. The van der Waals surface area contributed by atoms with Crippen molar-refractivity contribution in [2.45, 2.75) is 38.1 Å². The van der Waals surface area contributed by atoms with Crippen molar-refractivity contribution in [1.82, 2.24) is 10.2 Å². The summed E-state index contributed by atoms with van der Waals surface area (Å²) in [5, 5.41) is 7.21. The summed E-state index contributed by atoms with van der Waals surface area (Å²) in [5.74, 6) is 0.00413. The van der Waals surface area contributed by atoms with Gasteiger partial charge in [0.1, 0.15) is 0 Å². The summed E-state index contributed by atoms with van der Waals surface area (Å²) in [4.78, 5) is 13.4. The number of rotatable bonds is 3. The van der Waals surface area contributed by atoms with Crippen LogP contribution >= 0.6 is 12.2 Å². The molecule has 0 heterocycles. The fourth-order valence-electron chi connectivity index (χ4n) is 2.55. The standard InChI is InChI=1S/C16H23N3OS/c1-19(2)15(20)12-8-10-14(11-9-12)18-16(21)17-13-6-4-3-5-7-13/h8-11,13H,3-7H2,1-2H3,(H2,17,18,21). The van der Waals surface area contributed by atoms with Gasteiger partial charge in [0.15, 0.2) is 5.11 Å². The fraction of sp³-hybridized carbons (Fsp3) is 0.500. The molecule has 1 aromatic carbocycles. The Bertz CT molecular complexity index is 493. The average molecular weight is 305 g/mol. The van der Waals surface area contributed by atoms with Crippen molar-refractivity contribution >= 4 is 28.9 Å². The molecular weight excluding hydrogens is 282 g/mol. The summed E-state index contributed by atoms with van der Waals surface area (Å²) in [6.45, 7) is 0. The van der Waals surface area contributed by atoms with Crippen molar-refractivity contribution in [3.8, 4) is 0 Å². The second-order valence-corrected chi connectivity index (χ2v) is 6.12. The molecule has 2 rings (SSSR count). The minimum absolute atomic E-state index is 0.00413. The van der Waals surface area contributed by atoms with Crippen LogP contribution in [0.15, 0.2) is 24.3 Å². The summed E-state index contributed by atoms with van der Waals surface area (Å²) in [5.41, 5.74) is 1.58. The molecule has 5 heteroatoms. The van der Waals surface area contributed by atoms with E-state index in [-0.39, 0.29) is 5.91 Å². The molecule has 0 atom stereocenters. The predicted molar refractivity (Wildman–Crippen MR) is 90.7 cm³/mol. The van der Waals surface area contributed by atoms with Crippen molar-refractivity contribution < 1.29 is 4.79 Å². The van der Waals surface area contributed by atoms with Crippen LogP contribution in [0, 0.1) is 0 Å². The topological polar surface area (TPSA) is 44.4 Å². The first kappa shape index (κ1) is 15.8. The Morgan fingerprint density at radius 1 is 1.14 bits per heavy atom. The molecule has 0 radical (unpaired) electrons. The maximum atomic E-state index is 11.8. The van der Waals surface area contributed by atoms with Crippen LogP contribution in [-0.4, -0.2) is 36.1 Å². The first-order valence-electron chi connectivity index (χ1n) is 7.45.